The summed E-state index contributed by atoms with van der Waals surface area (Å²) in [4.78, 5) is 12.4. The predicted octanol–water partition coefficient (Wildman–Crippen LogP) is 2.90. The molecule has 7 heteroatoms. The molecule has 0 amide bonds. The summed E-state index contributed by atoms with van der Waals surface area (Å²) >= 11 is 0. The van der Waals surface area contributed by atoms with E-state index in [-0.39, 0.29) is 22.5 Å². The first-order valence-electron chi connectivity index (χ1n) is 7.29. The Morgan fingerprint density at radius 3 is 2.16 bits per heavy atom. The number of methoxy groups -OCH3 is 3. The molecule has 7 nitrogen and oxygen atoms in total. The fourth-order valence-corrected chi connectivity index (χ4v) is 2.56. The summed E-state index contributed by atoms with van der Waals surface area (Å²) in [6, 6.07) is 7.64. The second kappa shape index (κ2) is 6.27. The summed E-state index contributed by atoms with van der Waals surface area (Å²) in [5.74, 6) is 0.193. The fourth-order valence-electron chi connectivity index (χ4n) is 2.56. The summed E-state index contributed by atoms with van der Waals surface area (Å²) in [7, 11) is 4.36. The van der Waals surface area contributed by atoms with Gasteiger partial charge in [-0.2, -0.15) is 0 Å². The number of aromatic hydroxyl groups is 2. The molecule has 130 valence electrons. The molecule has 0 radical (unpaired) electrons. The van der Waals surface area contributed by atoms with E-state index < -0.39 is 16.9 Å². The lowest BCUT2D eigenvalue weighted by molar-refractivity contribution is 0.352. The smallest absolute Gasteiger partial charge is 0.201 e. The van der Waals surface area contributed by atoms with Gasteiger partial charge in [-0.15, -0.1) is 0 Å². The van der Waals surface area contributed by atoms with E-state index in [2.05, 4.69) is 0 Å². The molecule has 0 aliphatic heterocycles. The number of benzene rings is 2. The zero-order valence-corrected chi connectivity index (χ0v) is 13.8. The maximum Gasteiger partial charge on any atom is 0.201 e. The van der Waals surface area contributed by atoms with E-state index in [1.54, 1.807) is 18.2 Å². The monoisotopic (exact) mass is 344 g/mol. The Kier molecular flexibility index (Phi) is 4.14. The normalized spacial score (nSPS) is 10.7. The van der Waals surface area contributed by atoms with Gasteiger partial charge in [0.2, 0.25) is 5.75 Å². The number of fused-ring (bicyclic) bond motifs is 1. The van der Waals surface area contributed by atoms with Crippen LogP contribution in [0.5, 0.6) is 28.7 Å². The molecule has 3 rings (SSSR count). The van der Waals surface area contributed by atoms with Crippen LogP contribution in [0, 0.1) is 0 Å². The summed E-state index contributed by atoms with van der Waals surface area (Å²) < 4.78 is 21.1. The van der Waals surface area contributed by atoms with E-state index in [1.165, 1.54) is 33.5 Å². The van der Waals surface area contributed by atoms with E-state index in [9.17, 15) is 15.0 Å². The number of hydrogen-bond acceptors (Lipinski definition) is 7. The zero-order valence-electron chi connectivity index (χ0n) is 13.8. The molecule has 25 heavy (non-hydrogen) atoms. The Labute approximate surface area is 142 Å². The van der Waals surface area contributed by atoms with Gasteiger partial charge in [-0.3, -0.25) is 4.79 Å². The fraction of sp³-hybridized carbons (Fsp3) is 0.167. The van der Waals surface area contributed by atoms with Gasteiger partial charge in [0.15, 0.2) is 28.4 Å². The molecule has 2 aromatic carbocycles. The number of phenols is 2. The Balaban J connectivity index is 2.25. The quantitative estimate of drug-likeness (QED) is 0.702. The summed E-state index contributed by atoms with van der Waals surface area (Å²) in [5.41, 5.74) is 0.175. The lowest BCUT2D eigenvalue weighted by Crippen LogP contribution is -2.02. The molecule has 0 saturated carbocycles. The van der Waals surface area contributed by atoms with Crippen LogP contribution in [-0.2, 0) is 0 Å². The van der Waals surface area contributed by atoms with Crippen molar-refractivity contribution in [1.29, 1.82) is 0 Å². The highest BCUT2D eigenvalue weighted by atomic mass is 16.5. The molecular formula is C18H16O7. The van der Waals surface area contributed by atoms with Crippen molar-refractivity contribution < 1.29 is 28.8 Å². The van der Waals surface area contributed by atoms with E-state index >= 15 is 0 Å². The molecule has 0 spiro atoms. The lowest BCUT2D eigenvalue weighted by atomic mass is 10.1. The second-order valence-electron chi connectivity index (χ2n) is 5.19. The summed E-state index contributed by atoms with van der Waals surface area (Å²) in [6.07, 6.45) is 0. The molecule has 0 fully saturated rings. The lowest BCUT2D eigenvalue weighted by Gasteiger charge is -2.11. The third-order valence-electron chi connectivity index (χ3n) is 3.82. The largest absolute Gasteiger partial charge is 0.504 e. The van der Waals surface area contributed by atoms with Crippen molar-refractivity contribution >= 4 is 11.0 Å². The number of hydrogen-bond donors (Lipinski definition) is 2. The molecule has 0 bridgehead atoms. The third kappa shape index (κ3) is 2.69. The number of rotatable bonds is 4. The van der Waals surface area contributed by atoms with Crippen molar-refractivity contribution in [2.45, 2.75) is 0 Å². The van der Waals surface area contributed by atoms with Gasteiger partial charge in [-0.05, 0) is 18.2 Å². The van der Waals surface area contributed by atoms with Crippen molar-refractivity contribution in [1.82, 2.24) is 0 Å². The molecule has 0 aliphatic rings. The Morgan fingerprint density at radius 2 is 1.52 bits per heavy atom. The van der Waals surface area contributed by atoms with Gasteiger partial charge in [-0.1, -0.05) is 0 Å². The van der Waals surface area contributed by atoms with Crippen LogP contribution in [0.4, 0.5) is 0 Å². The van der Waals surface area contributed by atoms with Gasteiger partial charge in [0.05, 0.1) is 21.3 Å². The average molecular weight is 344 g/mol. The molecule has 0 atom stereocenters. The van der Waals surface area contributed by atoms with Crippen LogP contribution >= 0.6 is 0 Å². The predicted molar refractivity (Wildman–Crippen MR) is 90.9 cm³/mol. The third-order valence-corrected chi connectivity index (χ3v) is 3.82. The molecule has 3 aromatic rings. The first-order valence-corrected chi connectivity index (χ1v) is 7.29. The highest BCUT2D eigenvalue weighted by Gasteiger charge is 2.18. The Hall–Kier alpha value is -3.35. The minimum Gasteiger partial charge on any atom is -0.504 e. The Bertz CT molecular complexity index is 1000. The minimum atomic E-state index is -0.582. The second-order valence-corrected chi connectivity index (χ2v) is 5.19. The van der Waals surface area contributed by atoms with Crippen LogP contribution in [-0.4, -0.2) is 31.5 Å². The van der Waals surface area contributed by atoms with Gasteiger partial charge in [0.25, 0.3) is 0 Å². The first-order chi connectivity index (χ1) is 12.0. The van der Waals surface area contributed by atoms with E-state index in [0.29, 0.717) is 17.1 Å². The first kappa shape index (κ1) is 16.5. The van der Waals surface area contributed by atoms with Crippen LogP contribution in [0.1, 0.15) is 0 Å². The van der Waals surface area contributed by atoms with Gasteiger partial charge >= 0.3 is 0 Å². The average Bonchev–Trinajstić information content (AvgIpc) is 2.63. The standard InChI is InChI=1S/C18H16O7/c1-22-11-5-4-9(6-13(11)23-2)12-7-10(19)16-14(25-12)8-15(24-3)17(20)18(16)21/h4-8,20-21H,1-3H3. The van der Waals surface area contributed by atoms with E-state index in [4.69, 9.17) is 18.6 Å². The molecule has 0 unspecified atom stereocenters. The minimum absolute atomic E-state index is 0.00221. The number of ether oxygens (including phenoxy) is 3. The molecule has 0 aliphatic carbocycles. The van der Waals surface area contributed by atoms with Gasteiger partial charge in [0.1, 0.15) is 16.7 Å². The van der Waals surface area contributed by atoms with E-state index in [0.717, 1.165) is 0 Å². The van der Waals surface area contributed by atoms with Gasteiger partial charge in [0, 0.05) is 17.7 Å². The van der Waals surface area contributed by atoms with Crippen LogP contribution < -0.4 is 19.6 Å². The SMILES string of the molecule is COc1ccc(-c2cc(=O)c3c(O)c(O)c(OC)cc3o2)cc1OC. The van der Waals surface area contributed by atoms with Crippen molar-refractivity contribution in [3.63, 3.8) is 0 Å². The molecule has 2 N–H and O–H groups in total. The number of phenolic OH excluding ortho intramolecular Hbond substituents is 2. The maximum absolute atomic E-state index is 12.4. The van der Waals surface area contributed by atoms with Crippen molar-refractivity contribution in [3.8, 4) is 40.1 Å². The van der Waals surface area contributed by atoms with Crippen LogP contribution in [0.2, 0.25) is 0 Å². The van der Waals surface area contributed by atoms with Crippen molar-refractivity contribution in [2.75, 3.05) is 21.3 Å². The molecule has 1 aromatic heterocycles. The highest BCUT2D eigenvalue weighted by molar-refractivity contribution is 5.89. The molecule has 1 heterocycles. The topological polar surface area (TPSA) is 98.4 Å². The van der Waals surface area contributed by atoms with Crippen LogP contribution in [0.15, 0.2) is 39.5 Å². The Morgan fingerprint density at radius 1 is 0.840 bits per heavy atom. The maximum atomic E-state index is 12.4. The van der Waals surface area contributed by atoms with Crippen LogP contribution in [0.25, 0.3) is 22.3 Å². The van der Waals surface area contributed by atoms with E-state index in [1.807, 2.05) is 0 Å². The van der Waals surface area contributed by atoms with Gasteiger partial charge in [-0.25, -0.2) is 0 Å². The van der Waals surface area contributed by atoms with Crippen LogP contribution in [0.3, 0.4) is 0 Å². The summed E-state index contributed by atoms with van der Waals surface area (Å²) in [6.45, 7) is 0. The zero-order chi connectivity index (χ0) is 18.1. The molecule has 0 saturated heterocycles. The summed E-state index contributed by atoms with van der Waals surface area (Å²) in [5, 5.41) is 19.8. The van der Waals surface area contributed by atoms with Gasteiger partial charge < -0.3 is 28.8 Å². The van der Waals surface area contributed by atoms with Crippen molar-refractivity contribution in [3.05, 3.63) is 40.6 Å². The highest BCUT2D eigenvalue weighted by Crippen LogP contribution is 2.41. The van der Waals surface area contributed by atoms with Crippen molar-refractivity contribution in [2.24, 2.45) is 0 Å². The molecular weight excluding hydrogens is 328 g/mol.